The quantitative estimate of drug-likeness (QED) is 0.0169. The van der Waals surface area contributed by atoms with Crippen LogP contribution in [-0.4, -0.2) is 96.7 Å². The van der Waals surface area contributed by atoms with Crippen LogP contribution in [-0.2, 0) is 65.4 Å². The van der Waals surface area contributed by atoms with Crippen LogP contribution in [0, 0.1) is 11.8 Å². The van der Waals surface area contributed by atoms with Crippen molar-refractivity contribution in [2.75, 3.05) is 39.6 Å². The van der Waals surface area contributed by atoms with E-state index in [0.717, 1.165) is 115 Å². The molecule has 19 heteroatoms. The molecule has 0 aromatic rings. The van der Waals surface area contributed by atoms with E-state index >= 15 is 0 Å². The van der Waals surface area contributed by atoms with Crippen LogP contribution in [0.15, 0.2) is 24.3 Å². The van der Waals surface area contributed by atoms with E-state index in [1.807, 2.05) is 0 Å². The Balaban J connectivity index is 5.31. The van der Waals surface area contributed by atoms with Gasteiger partial charge in [0, 0.05) is 25.7 Å². The summed E-state index contributed by atoms with van der Waals surface area (Å²) in [5.41, 5.74) is 0. The number of hydrogen-bond donors (Lipinski definition) is 3. The summed E-state index contributed by atoms with van der Waals surface area (Å²) in [6.07, 6.45) is 60.3. The number of carbonyl (C=O) groups is 4. The first-order chi connectivity index (χ1) is 46.9. The van der Waals surface area contributed by atoms with Gasteiger partial charge in [0.25, 0.3) is 0 Å². The SMILES string of the molecule is CCCCCC/C=C\C=C/CCCCCCCC(=O)O[C@H](COC(=O)CCCCCCCCCCCCCCC(C)C)COP(=O)(O)OC[C@@H](O)COP(=O)(O)OC[C@@H](COC(=O)CCCCCCCCCCCCCCC)OC(=O)CCCCCCCCCCCCCC(C)C. The molecule has 0 spiro atoms. The van der Waals surface area contributed by atoms with Gasteiger partial charge in [-0.2, -0.15) is 0 Å². The van der Waals surface area contributed by atoms with Gasteiger partial charge in [0.05, 0.1) is 26.4 Å². The summed E-state index contributed by atoms with van der Waals surface area (Å²) in [6.45, 7) is 9.56. The highest BCUT2D eigenvalue weighted by molar-refractivity contribution is 7.47. The molecule has 2 unspecified atom stereocenters. The molecular formula is C78H148O17P2. The first-order valence-corrected chi connectivity index (χ1v) is 42.8. The molecule has 17 nitrogen and oxygen atoms in total. The number of carbonyl (C=O) groups excluding carboxylic acids is 4. The number of hydrogen-bond acceptors (Lipinski definition) is 15. The predicted octanol–water partition coefficient (Wildman–Crippen LogP) is 22.7. The normalized spacial score (nSPS) is 14.1. The molecular weight excluding hydrogens is 1270 g/mol. The Morgan fingerprint density at radius 1 is 0.320 bits per heavy atom. The van der Waals surface area contributed by atoms with Gasteiger partial charge in [-0.3, -0.25) is 37.3 Å². The minimum Gasteiger partial charge on any atom is -0.462 e. The lowest BCUT2D eigenvalue weighted by atomic mass is 10.0. The Hall–Kier alpha value is -2.46. The Labute approximate surface area is 592 Å². The van der Waals surface area contributed by atoms with E-state index in [0.29, 0.717) is 25.7 Å². The Bertz CT molecular complexity index is 1970. The zero-order valence-electron chi connectivity index (χ0n) is 62.9. The number of phosphoric acid groups is 2. The van der Waals surface area contributed by atoms with Crippen LogP contribution in [0.1, 0.15) is 382 Å². The fourth-order valence-corrected chi connectivity index (χ4v) is 13.0. The molecule has 0 rings (SSSR count). The van der Waals surface area contributed by atoms with Crippen LogP contribution in [0.4, 0.5) is 0 Å². The van der Waals surface area contributed by atoms with E-state index in [1.54, 1.807) is 0 Å². The largest absolute Gasteiger partial charge is 0.472 e. The molecule has 0 amide bonds. The predicted molar refractivity (Wildman–Crippen MR) is 395 cm³/mol. The summed E-state index contributed by atoms with van der Waals surface area (Å²) >= 11 is 0. The monoisotopic (exact) mass is 1420 g/mol. The zero-order chi connectivity index (χ0) is 71.4. The van der Waals surface area contributed by atoms with Crippen molar-refractivity contribution < 1.29 is 80.2 Å². The molecule has 5 atom stereocenters. The molecule has 0 aliphatic heterocycles. The van der Waals surface area contributed by atoms with Crippen LogP contribution in [0.25, 0.3) is 0 Å². The molecule has 3 N–H and O–H groups in total. The number of phosphoric ester groups is 2. The molecule has 0 aromatic heterocycles. The number of rotatable bonds is 75. The second kappa shape index (κ2) is 69.3. The van der Waals surface area contributed by atoms with Crippen molar-refractivity contribution in [3.63, 3.8) is 0 Å². The van der Waals surface area contributed by atoms with Crippen molar-refractivity contribution in [2.45, 2.75) is 400 Å². The van der Waals surface area contributed by atoms with E-state index in [9.17, 15) is 43.2 Å². The molecule has 0 bridgehead atoms. The van der Waals surface area contributed by atoms with E-state index in [-0.39, 0.29) is 25.7 Å². The summed E-state index contributed by atoms with van der Waals surface area (Å²) in [7, 11) is -9.93. The fourth-order valence-electron chi connectivity index (χ4n) is 11.5. The minimum absolute atomic E-state index is 0.0851. The first-order valence-electron chi connectivity index (χ1n) is 39.8. The minimum atomic E-state index is -4.97. The molecule has 0 aliphatic carbocycles. The van der Waals surface area contributed by atoms with Crippen LogP contribution in [0.2, 0.25) is 0 Å². The van der Waals surface area contributed by atoms with Crippen molar-refractivity contribution >= 4 is 39.5 Å². The van der Waals surface area contributed by atoms with E-state index in [1.165, 1.54) is 186 Å². The van der Waals surface area contributed by atoms with Crippen LogP contribution in [0.3, 0.4) is 0 Å². The Morgan fingerprint density at radius 2 is 0.557 bits per heavy atom. The maximum Gasteiger partial charge on any atom is 0.472 e. The molecule has 0 aromatic carbocycles. The number of ether oxygens (including phenoxy) is 4. The number of aliphatic hydroxyl groups excluding tert-OH is 1. The second-order valence-corrected chi connectivity index (χ2v) is 31.3. The molecule has 0 aliphatic rings. The number of esters is 4. The van der Waals surface area contributed by atoms with Gasteiger partial charge in [0.15, 0.2) is 12.2 Å². The van der Waals surface area contributed by atoms with Crippen LogP contribution < -0.4 is 0 Å². The average molecular weight is 1420 g/mol. The second-order valence-electron chi connectivity index (χ2n) is 28.4. The molecule has 0 radical (unpaired) electrons. The van der Waals surface area contributed by atoms with E-state index in [4.69, 9.17) is 37.0 Å². The van der Waals surface area contributed by atoms with Gasteiger partial charge in [-0.15, -0.1) is 0 Å². The standard InChI is InChI=1S/C78H148O17P2/c1-7-9-11-13-15-17-19-21-22-24-32-38-44-50-56-62-77(82)94-73(66-89-76(81)61-55-49-43-37-31-26-25-28-34-40-46-52-58-70(3)4)68-92-96(84,85)90-64-72(79)65-91-97(86,87)93-69-74(67-88-75(80)60-54-48-42-36-30-23-20-18-16-14-12-10-8-2)95-78(83)63-57-51-45-39-33-27-29-35-41-47-53-59-71(5)6/h17,19,21-22,70-74,79H,7-16,18,20,23-69H2,1-6H3,(H,84,85)(H,86,87)/b19-17-,22-21-/t72-,73-,74-/m1/s1. The molecule has 0 saturated carbocycles. The first kappa shape index (κ1) is 94.5. The number of aliphatic hydroxyl groups is 1. The fraction of sp³-hybridized carbons (Fsp3) is 0.897. The lowest BCUT2D eigenvalue weighted by molar-refractivity contribution is -0.161. The van der Waals surface area contributed by atoms with Crippen molar-refractivity contribution in [3.8, 4) is 0 Å². The van der Waals surface area contributed by atoms with Gasteiger partial charge in [0.1, 0.15) is 19.3 Å². The summed E-state index contributed by atoms with van der Waals surface area (Å²) in [5.74, 6) is -0.598. The molecule has 572 valence electrons. The summed E-state index contributed by atoms with van der Waals surface area (Å²) < 4.78 is 68.6. The summed E-state index contributed by atoms with van der Waals surface area (Å²) in [4.78, 5) is 72.9. The highest BCUT2D eigenvalue weighted by Crippen LogP contribution is 2.45. The van der Waals surface area contributed by atoms with Crippen molar-refractivity contribution in [1.82, 2.24) is 0 Å². The maximum absolute atomic E-state index is 13.1. The number of unbranched alkanes of at least 4 members (excludes halogenated alkanes) is 42. The van der Waals surface area contributed by atoms with Gasteiger partial charge in [0.2, 0.25) is 0 Å². The van der Waals surface area contributed by atoms with E-state index in [2.05, 4.69) is 65.8 Å². The lowest BCUT2D eigenvalue weighted by Crippen LogP contribution is -2.30. The highest BCUT2D eigenvalue weighted by atomic mass is 31.2. The zero-order valence-corrected chi connectivity index (χ0v) is 64.7. The van der Waals surface area contributed by atoms with Crippen LogP contribution in [0.5, 0.6) is 0 Å². The topological polar surface area (TPSA) is 237 Å². The van der Waals surface area contributed by atoms with Gasteiger partial charge < -0.3 is 33.8 Å². The third-order valence-electron chi connectivity index (χ3n) is 17.6. The van der Waals surface area contributed by atoms with Crippen molar-refractivity contribution in [2.24, 2.45) is 11.8 Å². The molecule has 97 heavy (non-hydrogen) atoms. The van der Waals surface area contributed by atoms with Gasteiger partial charge in [-0.1, -0.05) is 329 Å². The Morgan fingerprint density at radius 3 is 0.845 bits per heavy atom. The lowest BCUT2D eigenvalue weighted by Gasteiger charge is -2.21. The third kappa shape index (κ3) is 71.7. The highest BCUT2D eigenvalue weighted by Gasteiger charge is 2.30. The van der Waals surface area contributed by atoms with Crippen molar-refractivity contribution in [1.29, 1.82) is 0 Å². The maximum atomic E-state index is 13.1. The van der Waals surface area contributed by atoms with Crippen molar-refractivity contribution in [3.05, 3.63) is 24.3 Å². The van der Waals surface area contributed by atoms with Gasteiger partial charge >= 0.3 is 39.5 Å². The smallest absolute Gasteiger partial charge is 0.462 e. The average Bonchev–Trinajstić information content (AvgIpc) is 1.01. The summed E-state index contributed by atoms with van der Waals surface area (Å²) in [5, 5.41) is 10.6. The molecule has 0 fully saturated rings. The third-order valence-corrected chi connectivity index (χ3v) is 19.5. The Kier molecular flexibility index (Phi) is 67.5. The summed E-state index contributed by atoms with van der Waals surface area (Å²) in [6, 6.07) is 0. The van der Waals surface area contributed by atoms with Gasteiger partial charge in [-0.25, -0.2) is 9.13 Å². The number of allylic oxidation sites excluding steroid dienone is 4. The molecule has 0 heterocycles. The van der Waals surface area contributed by atoms with E-state index < -0.39 is 97.5 Å². The molecule has 0 saturated heterocycles. The van der Waals surface area contributed by atoms with Crippen LogP contribution >= 0.6 is 15.6 Å². The van der Waals surface area contributed by atoms with Gasteiger partial charge in [-0.05, 0) is 63.2 Å².